The van der Waals surface area contributed by atoms with Gasteiger partial charge < -0.3 is 14.8 Å². The highest BCUT2D eigenvalue weighted by molar-refractivity contribution is 5.47. The number of nitrogens with one attached hydrogen (secondary N) is 1. The van der Waals surface area contributed by atoms with Gasteiger partial charge in [-0.2, -0.15) is 5.10 Å². The number of hydrogen-bond acceptors (Lipinski definition) is 4. The minimum atomic E-state index is 0.725. The normalized spacial score (nSPS) is 13.9. The van der Waals surface area contributed by atoms with Crippen LogP contribution in [0.5, 0.6) is 11.5 Å². The summed E-state index contributed by atoms with van der Waals surface area (Å²) in [4.78, 5) is 0. The van der Waals surface area contributed by atoms with E-state index in [2.05, 4.69) is 29.6 Å². The molecule has 0 fully saturated rings. The molecule has 1 aliphatic heterocycles. The summed E-state index contributed by atoms with van der Waals surface area (Å²) in [6.45, 7) is 6.20. The van der Waals surface area contributed by atoms with Gasteiger partial charge in [-0.15, -0.1) is 0 Å². The summed E-state index contributed by atoms with van der Waals surface area (Å²) in [6, 6.07) is 6.10. The molecule has 0 unspecified atom stereocenters. The highest BCUT2D eigenvalue weighted by atomic mass is 16.5. The first-order valence-electron chi connectivity index (χ1n) is 7.90. The van der Waals surface area contributed by atoms with Crippen LogP contribution in [0.4, 0.5) is 0 Å². The number of aromatic nitrogens is 2. The zero-order valence-electron chi connectivity index (χ0n) is 13.0. The predicted octanol–water partition coefficient (Wildman–Crippen LogP) is 2.53. The Kier molecular flexibility index (Phi) is 4.96. The summed E-state index contributed by atoms with van der Waals surface area (Å²) in [7, 11) is 0. The number of fused-ring (bicyclic) bond motifs is 1. The molecule has 0 saturated carbocycles. The third kappa shape index (κ3) is 3.80. The molecule has 1 N–H and O–H groups in total. The van der Waals surface area contributed by atoms with Gasteiger partial charge in [0.25, 0.3) is 0 Å². The summed E-state index contributed by atoms with van der Waals surface area (Å²) < 4.78 is 13.5. The molecule has 0 aliphatic carbocycles. The van der Waals surface area contributed by atoms with Crippen LogP contribution >= 0.6 is 0 Å². The first-order valence-corrected chi connectivity index (χ1v) is 7.90. The Morgan fingerprint density at radius 3 is 3.05 bits per heavy atom. The Balaban J connectivity index is 1.47. The Labute approximate surface area is 131 Å². The van der Waals surface area contributed by atoms with E-state index in [9.17, 15) is 0 Å². The van der Waals surface area contributed by atoms with Gasteiger partial charge in [-0.3, -0.25) is 4.68 Å². The van der Waals surface area contributed by atoms with Crippen LogP contribution in [0.1, 0.15) is 24.0 Å². The number of aryl methyl sites for hydroxylation is 2. The fraction of sp³-hybridized carbons (Fsp3) is 0.471. The van der Waals surface area contributed by atoms with Gasteiger partial charge in [-0.1, -0.05) is 12.1 Å². The molecule has 0 spiro atoms. The number of hydrogen-bond donors (Lipinski definition) is 1. The van der Waals surface area contributed by atoms with Crippen molar-refractivity contribution in [1.29, 1.82) is 0 Å². The predicted molar refractivity (Wildman–Crippen MR) is 85.3 cm³/mol. The van der Waals surface area contributed by atoms with E-state index in [0.29, 0.717) is 0 Å². The topological polar surface area (TPSA) is 48.3 Å². The van der Waals surface area contributed by atoms with Gasteiger partial charge in [0, 0.05) is 31.3 Å². The molecular formula is C17H23N3O2. The maximum Gasteiger partial charge on any atom is 0.165 e. The number of nitrogens with zero attached hydrogens (tertiary/aromatic N) is 2. The number of ether oxygens (including phenoxy) is 2. The van der Waals surface area contributed by atoms with E-state index >= 15 is 0 Å². The van der Waals surface area contributed by atoms with Crippen molar-refractivity contribution in [1.82, 2.24) is 15.1 Å². The van der Waals surface area contributed by atoms with E-state index in [1.165, 1.54) is 5.56 Å². The molecule has 118 valence electrons. The van der Waals surface area contributed by atoms with Gasteiger partial charge in [0.15, 0.2) is 11.5 Å². The van der Waals surface area contributed by atoms with Crippen LogP contribution in [0.15, 0.2) is 30.6 Å². The number of benzene rings is 1. The molecule has 2 heterocycles. The van der Waals surface area contributed by atoms with Gasteiger partial charge in [0.05, 0.1) is 19.4 Å². The molecule has 0 atom stereocenters. The fourth-order valence-electron chi connectivity index (χ4n) is 2.57. The molecule has 1 aromatic heterocycles. The van der Waals surface area contributed by atoms with E-state index in [-0.39, 0.29) is 0 Å². The highest BCUT2D eigenvalue weighted by Gasteiger charge is 2.13. The average molecular weight is 301 g/mol. The van der Waals surface area contributed by atoms with Crippen LogP contribution in [0, 0.1) is 6.92 Å². The maximum absolute atomic E-state index is 5.83. The second-order valence-electron chi connectivity index (χ2n) is 5.61. The number of rotatable bonds is 6. The van der Waals surface area contributed by atoms with Crippen LogP contribution in [-0.2, 0) is 13.1 Å². The molecule has 0 radical (unpaired) electrons. The molecule has 22 heavy (non-hydrogen) atoms. The molecule has 5 nitrogen and oxygen atoms in total. The first-order chi connectivity index (χ1) is 10.8. The molecule has 5 heteroatoms. The Morgan fingerprint density at radius 2 is 2.18 bits per heavy atom. The fourth-order valence-corrected chi connectivity index (χ4v) is 2.57. The lowest BCUT2D eigenvalue weighted by Gasteiger charge is -2.13. The van der Waals surface area contributed by atoms with E-state index in [4.69, 9.17) is 9.47 Å². The summed E-state index contributed by atoms with van der Waals surface area (Å²) in [6.07, 6.45) is 5.95. The molecule has 1 aromatic carbocycles. The summed E-state index contributed by atoms with van der Waals surface area (Å²) in [5.74, 6) is 1.76. The second-order valence-corrected chi connectivity index (χ2v) is 5.61. The van der Waals surface area contributed by atoms with Crippen LogP contribution in [0.2, 0.25) is 0 Å². The first kappa shape index (κ1) is 14.9. The monoisotopic (exact) mass is 301 g/mol. The van der Waals surface area contributed by atoms with E-state index in [1.54, 1.807) is 0 Å². The van der Waals surface area contributed by atoms with Crippen molar-refractivity contribution in [3.05, 3.63) is 41.7 Å². The zero-order chi connectivity index (χ0) is 15.2. The van der Waals surface area contributed by atoms with Crippen LogP contribution in [0.25, 0.3) is 0 Å². The minimum absolute atomic E-state index is 0.725. The lowest BCUT2D eigenvalue weighted by molar-refractivity contribution is 0.296. The Hall–Kier alpha value is -2.01. The van der Waals surface area contributed by atoms with E-state index in [1.807, 2.05) is 23.0 Å². The van der Waals surface area contributed by atoms with Crippen molar-refractivity contribution >= 4 is 0 Å². The molecular weight excluding hydrogens is 278 g/mol. The van der Waals surface area contributed by atoms with Gasteiger partial charge >= 0.3 is 0 Å². The van der Waals surface area contributed by atoms with Crippen LogP contribution in [-0.4, -0.2) is 29.5 Å². The highest BCUT2D eigenvalue weighted by Crippen LogP contribution is 2.33. The van der Waals surface area contributed by atoms with Crippen molar-refractivity contribution in [2.24, 2.45) is 0 Å². The summed E-state index contributed by atoms with van der Waals surface area (Å²) in [5.41, 5.74) is 2.37. The van der Waals surface area contributed by atoms with Crippen LogP contribution < -0.4 is 14.8 Å². The van der Waals surface area contributed by atoms with Gasteiger partial charge in [0.2, 0.25) is 0 Å². The van der Waals surface area contributed by atoms with Crippen LogP contribution in [0.3, 0.4) is 0 Å². The Morgan fingerprint density at radius 1 is 1.27 bits per heavy atom. The number of para-hydroxylation sites is 1. The lowest BCUT2D eigenvalue weighted by Crippen LogP contribution is -2.17. The van der Waals surface area contributed by atoms with Crippen molar-refractivity contribution in [3.8, 4) is 11.5 Å². The Bertz CT molecular complexity index is 610. The minimum Gasteiger partial charge on any atom is -0.490 e. The molecule has 0 amide bonds. The molecule has 0 saturated heterocycles. The summed E-state index contributed by atoms with van der Waals surface area (Å²) >= 11 is 0. The van der Waals surface area contributed by atoms with Crippen molar-refractivity contribution in [3.63, 3.8) is 0 Å². The van der Waals surface area contributed by atoms with Crippen molar-refractivity contribution in [2.75, 3.05) is 19.8 Å². The smallest absolute Gasteiger partial charge is 0.165 e. The largest absolute Gasteiger partial charge is 0.490 e. The lowest BCUT2D eigenvalue weighted by atomic mass is 10.2. The quantitative estimate of drug-likeness (QED) is 0.833. The second kappa shape index (κ2) is 7.31. The third-order valence-electron chi connectivity index (χ3n) is 3.67. The average Bonchev–Trinajstić information content (AvgIpc) is 2.79. The third-order valence-corrected chi connectivity index (χ3v) is 3.67. The SMILES string of the molecule is Cc1cnn(CCCNCc2cccc3c2OCCCO3)c1. The van der Waals surface area contributed by atoms with E-state index in [0.717, 1.165) is 62.8 Å². The molecule has 2 aromatic rings. The van der Waals surface area contributed by atoms with Crippen molar-refractivity contribution in [2.45, 2.75) is 32.9 Å². The summed E-state index contributed by atoms with van der Waals surface area (Å²) in [5, 5.41) is 7.76. The van der Waals surface area contributed by atoms with Gasteiger partial charge in [0.1, 0.15) is 0 Å². The molecule has 0 bridgehead atoms. The molecule has 3 rings (SSSR count). The molecule has 1 aliphatic rings. The van der Waals surface area contributed by atoms with Gasteiger partial charge in [-0.05, 0) is 31.5 Å². The maximum atomic E-state index is 5.83. The van der Waals surface area contributed by atoms with E-state index < -0.39 is 0 Å². The van der Waals surface area contributed by atoms with Gasteiger partial charge in [-0.25, -0.2) is 0 Å². The zero-order valence-corrected chi connectivity index (χ0v) is 13.0. The standard InChI is InChI=1S/C17H23N3O2/c1-14-11-19-20(13-14)8-3-7-18-12-15-5-2-6-16-17(15)22-10-4-9-21-16/h2,5-6,11,13,18H,3-4,7-10,12H2,1H3. The van der Waals surface area contributed by atoms with Crippen molar-refractivity contribution < 1.29 is 9.47 Å².